The third-order valence-electron chi connectivity index (χ3n) is 2.58. The van der Waals surface area contributed by atoms with Crippen LogP contribution in [0.2, 0.25) is 0 Å². The molecule has 18 heavy (non-hydrogen) atoms. The molecule has 0 aliphatic heterocycles. The number of aliphatic carboxylic acids is 1. The maximum absolute atomic E-state index is 11.4. The van der Waals surface area contributed by atoms with E-state index in [4.69, 9.17) is 15.8 Å². The van der Waals surface area contributed by atoms with Crippen molar-refractivity contribution in [3.05, 3.63) is 30.5 Å². The van der Waals surface area contributed by atoms with Gasteiger partial charge in [0.2, 0.25) is 0 Å². The quantitative estimate of drug-likeness (QED) is 0.873. The van der Waals surface area contributed by atoms with Gasteiger partial charge in [-0.15, -0.1) is 0 Å². The van der Waals surface area contributed by atoms with Crippen LogP contribution in [0.3, 0.4) is 0 Å². The first-order chi connectivity index (χ1) is 8.39. The number of aryl methyl sites for hydroxylation is 1. The van der Waals surface area contributed by atoms with Gasteiger partial charge in [0.1, 0.15) is 4.90 Å². The maximum atomic E-state index is 11.4. The van der Waals surface area contributed by atoms with Crippen LogP contribution >= 0.6 is 10.7 Å². The number of hydrogen-bond donors (Lipinski definition) is 1. The predicted octanol–water partition coefficient (Wildman–Crippen LogP) is 2.04. The molecule has 96 valence electrons. The molecule has 7 heteroatoms. The van der Waals surface area contributed by atoms with E-state index in [1.54, 1.807) is 28.8 Å². The Hall–Kier alpha value is -1.53. The number of carboxylic acids is 1. The van der Waals surface area contributed by atoms with Crippen molar-refractivity contribution >= 4 is 36.6 Å². The van der Waals surface area contributed by atoms with Gasteiger partial charge in [-0.2, -0.15) is 0 Å². The fourth-order valence-electron chi connectivity index (χ4n) is 1.81. The van der Waals surface area contributed by atoms with E-state index in [0.29, 0.717) is 10.9 Å². The summed E-state index contributed by atoms with van der Waals surface area (Å²) in [6.45, 7) is 0.197. The summed E-state index contributed by atoms with van der Waals surface area (Å²) in [6.07, 6.45) is 1.29. The summed E-state index contributed by atoms with van der Waals surface area (Å²) in [5.74, 6) is -0.942. The number of para-hydroxylation sites is 1. The lowest BCUT2D eigenvalue weighted by Gasteiger charge is -2.01. The van der Waals surface area contributed by atoms with Crippen LogP contribution < -0.4 is 0 Å². The first-order valence-electron chi connectivity index (χ1n) is 5.14. The van der Waals surface area contributed by atoms with Crippen LogP contribution in [-0.4, -0.2) is 24.1 Å². The average molecular weight is 288 g/mol. The Morgan fingerprint density at radius 1 is 1.33 bits per heavy atom. The Morgan fingerprint density at radius 2 is 2.00 bits per heavy atom. The molecule has 1 aromatic heterocycles. The zero-order chi connectivity index (χ0) is 13.3. The van der Waals surface area contributed by atoms with Crippen molar-refractivity contribution in [2.75, 3.05) is 0 Å². The summed E-state index contributed by atoms with van der Waals surface area (Å²) in [5.41, 5.74) is 0.651. The van der Waals surface area contributed by atoms with Crippen LogP contribution in [0.25, 0.3) is 10.9 Å². The van der Waals surface area contributed by atoms with E-state index in [1.165, 1.54) is 6.20 Å². The largest absolute Gasteiger partial charge is 0.481 e. The molecule has 0 fully saturated rings. The minimum Gasteiger partial charge on any atom is -0.481 e. The molecule has 0 spiro atoms. The number of aromatic nitrogens is 1. The second-order valence-electron chi connectivity index (χ2n) is 3.79. The van der Waals surface area contributed by atoms with Gasteiger partial charge in [0.15, 0.2) is 0 Å². The summed E-state index contributed by atoms with van der Waals surface area (Å²) in [4.78, 5) is 10.6. The number of carboxylic acid groups (broad SMARTS) is 1. The monoisotopic (exact) mass is 287 g/mol. The second kappa shape index (κ2) is 4.62. The molecule has 0 atom stereocenters. The lowest BCUT2D eigenvalue weighted by molar-refractivity contribution is -0.137. The molecule has 0 aliphatic rings. The summed E-state index contributed by atoms with van der Waals surface area (Å²) in [6, 6.07) is 6.82. The molecular weight excluding hydrogens is 278 g/mol. The first-order valence-corrected chi connectivity index (χ1v) is 7.45. The standard InChI is InChI=1S/C11H10ClNO4S/c12-18(16,17)10-7-13(6-5-11(14)15)9-4-2-1-3-8(9)10/h1-4,7H,5-6H2,(H,14,15). The van der Waals surface area contributed by atoms with Gasteiger partial charge in [-0.25, -0.2) is 8.42 Å². The highest BCUT2D eigenvalue weighted by Gasteiger charge is 2.18. The van der Waals surface area contributed by atoms with E-state index in [1.807, 2.05) is 0 Å². The van der Waals surface area contributed by atoms with Crippen molar-refractivity contribution in [2.24, 2.45) is 0 Å². The fraction of sp³-hybridized carbons (Fsp3) is 0.182. The Labute approximate surface area is 108 Å². The number of carbonyl (C=O) groups is 1. The highest BCUT2D eigenvalue weighted by atomic mass is 35.7. The number of rotatable bonds is 4. The Bertz CT molecular complexity index is 705. The van der Waals surface area contributed by atoms with Gasteiger partial charge in [-0.05, 0) is 6.07 Å². The summed E-state index contributed by atoms with van der Waals surface area (Å²) in [5, 5.41) is 9.15. The van der Waals surface area contributed by atoms with Crippen molar-refractivity contribution in [1.29, 1.82) is 0 Å². The van der Waals surface area contributed by atoms with Crippen LogP contribution in [-0.2, 0) is 20.4 Å². The molecular formula is C11H10ClNO4S. The molecule has 0 saturated carbocycles. The van der Waals surface area contributed by atoms with Crippen molar-refractivity contribution in [3.63, 3.8) is 0 Å². The van der Waals surface area contributed by atoms with E-state index in [9.17, 15) is 13.2 Å². The molecule has 0 amide bonds. The van der Waals surface area contributed by atoms with Crippen LogP contribution in [0.5, 0.6) is 0 Å². The number of benzene rings is 1. The van der Waals surface area contributed by atoms with Crippen LogP contribution in [0.1, 0.15) is 6.42 Å². The van der Waals surface area contributed by atoms with Crippen molar-refractivity contribution < 1.29 is 18.3 Å². The minimum atomic E-state index is -3.84. The predicted molar refractivity (Wildman–Crippen MR) is 67.2 cm³/mol. The fourth-order valence-corrected chi connectivity index (χ4v) is 2.87. The van der Waals surface area contributed by atoms with Gasteiger partial charge < -0.3 is 9.67 Å². The van der Waals surface area contributed by atoms with Crippen LogP contribution in [0, 0.1) is 0 Å². The third kappa shape index (κ3) is 2.49. The van der Waals surface area contributed by atoms with Crippen molar-refractivity contribution in [2.45, 2.75) is 17.9 Å². The Morgan fingerprint density at radius 3 is 2.61 bits per heavy atom. The average Bonchev–Trinajstić information content (AvgIpc) is 2.65. The molecule has 1 aromatic carbocycles. The minimum absolute atomic E-state index is 0.00477. The zero-order valence-electron chi connectivity index (χ0n) is 9.21. The van der Waals surface area contributed by atoms with E-state index in [2.05, 4.69) is 0 Å². The van der Waals surface area contributed by atoms with Gasteiger partial charge >= 0.3 is 5.97 Å². The van der Waals surface area contributed by atoms with Crippen LogP contribution in [0.15, 0.2) is 35.4 Å². The molecule has 0 bridgehead atoms. The van der Waals surface area contributed by atoms with Gasteiger partial charge in [0.05, 0.1) is 6.42 Å². The molecule has 2 aromatic rings. The van der Waals surface area contributed by atoms with Gasteiger partial charge in [0.25, 0.3) is 9.05 Å². The maximum Gasteiger partial charge on any atom is 0.305 e. The lowest BCUT2D eigenvalue weighted by atomic mass is 10.2. The summed E-state index contributed by atoms with van der Waals surface area (Å²) >= 11 is 0. The normalized spacial score (nSPS) is 11.8. The Balaban J connectivity index is 2.58. The van der Waals surface area contributed by atoms with Crippen molar-refractivity contribution in [3.8, 4) is 0 Å². The molecule has 0 unspecified atom stereocenters. The van der Waals surface area contributed by atoms with Gasteiger partial charge in [-0.3, -0.25) is 4.79 Å². The Kier molecular flexibility index (Phi) is 3.32. The second-order valence-corrected chi connectivity index (χ2v) is 6.32. The van der Waals surface area contributed by atoms with Gasteiger partial charge in [-0.1, -0.05) is 18.2 Å². The first kappa shape index (κ1) is 12.9. The van der Waals surface area contributed by atoms with E-state index in [-0.39, 0.29) is 17.9 Å². The number of halogens is 1. The molecule has 0 radical (unpaired) electrons. The number of hydrogen-bond acceptors (Lipinski definition) is 3. The molecule has 1 heterocycles. The van der Waals surface area contributed by atoms with E-state index < -0.39 is 15.0 Å². The summed E-state index contributed by atoms with van der Waals surface area (Å²) in [7, 11) is 1.51. The van der Waals surface area contributed by atoms with E-state index >= 15 is 0 Å². The topological polar surface area (TPSA) is 76.4 Å². The number of nitrogens with zero attached hydrogens (tertiary/aromatic N) is 1. The number of fused-ring (bicyclic) bond motifs is 1. The lowest BCUT2D eigenvalue weighted by Crippen LogP contribution is -2.03. The zero-order valence-corrected chi connectivity index (χ0v) is 10.8. The van der Waals surface area contributed by atoms with Crippen LogP contribution in [0.4, 0.5) is 0 Å². The summed E-state index contributed by atoms with van der Waals surface area (Å²) < 4.78 is 24.5. The SMILES string of the molecule is O=C(O)CCn1cc(S(=O)(=O)Cl)c2ccccc21. The van der Waals surface area contributed by atoms with E-state index in [0.717, 1.165) is 0 Å². The highest BCUT2D eigenvalue weighted by Crippen LogP contribution is 2.27. The third-order valence-corrected chi connectivity index (χ3v) is 3.93. The smallest absolute Gasteiger partial charge is 0.305 e. The highest BCUT2D eigenvalue weighted by molar-refractivity contribution is 8.14. The van der Waals surface area contributed by atoms with Crippen molar-refractivity contribution in [1.82, 2.24) is 4.57 Å². The molecule has 0 saturated heterocycles. The molecule has 2 rings (SSSR count). The molecule has 0 aliphatic carbocycles. The molecule has 1 N–H and O–H groups in total. The van der Waals surface area contributed by atoms with Gasteiger partial charge in [0, 0.05) is 34.3 Å². The molecule has 5 nitrogen and oxygen atoms in total.